The Labute approximate surface area is 165 Å². The number of rotatable bonds is 4. The van der Waals surface area contributed by atoms with Gasteiger partial charge in [-0.2, -0.15) is 0 Å². The highest BCUT2D eigenvalue weighted by molar-refractivity contribution is 6.29. The van der Waals surface area contributed by atoms with Crippen molar-refractivity contribution in [1.82, 2.24) is 4.98 Å². The lowest BCUT2D eigenvalue weighted by atomic mass is 9.98. The maximum absolute atomic E-state index is 12.3. The van der Waals surface area contributed by atoms with Gasteiger partial charge in [0.1, 0.15) is 11.8 Å². The minimum Gasteiger partial charge on any atom is -0.476 e. The third kappa shape index (κ3) is 3.30. The van der Waals surface area contributed by atoms with E-state index in [1.54, 1.807) is 0 Å². The predicted molar refractivity (Wildman–Crippen MR) is 105 cm³/mol. The van der Waals surface area contributed by atoms with Gasteiger partial charge in [0.2, 0.25) is 0 Å². The summed E-state index contributed by atoms with van der Waals surface area (Å²) in [6, 6.07) is 18.8. The third-order valence-electron chi connectivity index (χ3n) is 4.64. The summed E-state index contributed by atoms with van der Waals surface area (Å²) in [5.41, 5.74) is 4.12. The third-order valence-corrected chi connectivity index (χ3v) is 4.85. The molecule has 140 valence electrons. The molecule has 2 N–H and O–H groups in total. The number of nitrogens with one attached hydrogen (secondary N) is 1. The zero-order chi connectivity index (χ0) is 19.7. The van der Waals surface area contributed by atoms with Crippen molar-refractivity contribution in [3.05, 3.63) is 82.6 Å². The molecule has 0 unspecified atom stereocenters. The predicted octanol–water partition coefficient (Wildman–Crippen LogP) is 4.79. The minimum atomic E-state index is -1.29. The molecule has 7 heteroatoms. The van der Waals surface area contributed by atoms with Crippen LogP contribution in [0.5, 0.6) is 0 Å². The zero-order valence-corrected chi connectivity index (χ0v) is 15.3. The number of anilines is 1. The molecule has 0 radical (unpaired) electrons. The Balaban J connectivity index is 1.51. The fourth-order valence-corrected chi connectivity index (χ4v) is 3.59. The monoisotopic (exact) mass is 394 g/mol. The Morgan fingerprint density at radius 1 is 1.00 bits per heavy atom. The molecular formula is C21H15ClN2O4. The summed E-state index contributed by atoms with van der Waals surface area (Å²) in [5.74, 6) is -1.38. The number of pyridine rings is 1. The molecule has 4 rings (SSSR count). The Morgan fingerprint density at radius 2 is 1.61 bits per heavy atom. The van der Waals surface area contributed by atoms with E-state index in [1.165, 1.54) is 12.1 Å². The average Bonchev–Trinajstić information content (AvgIpc) is 3.01. The van der Waals surface area contributed by atoms with E-state index in [-0.39, 0.29) is 29.1 Å². The van der Waals surface area contributed by atoms with Crippen LogP contribution in [0.25, 0.3) is 11.1 Å². The summed E-state index contributed by atoms with van der Waals surface area (Å²) in [6.45, 7) is 0.128. The number of carboxylic acids is 1. The highest BCUT2D eigenvalue weighted by atomic mass is 35.5. The van der Waals surface area contributed by atoms with Gasteiger partial charge in [0.15, 0.2) is 5.69 Å². The Bertz CT molecular complexity index is 1040. The largest absolute Gasteiger partial charge is 0.476 e. The second kappa shape index (κ2) is 7.32. The van der Waals surface area contributed by atoms with Crippen LogP contribution in [-0.4, -0.2) is 28.8 Å². The number of benzene rings is 2. The maximum Gasteiger partial charge on any atom is 0.411 e. The second-order valence-corrected chi connectivity index (χ2v) is 6.67. The summed E-state index contributed by atoms with van der Waals surface area (Å²) in [6.07, 6.45) is -0.756. The highest BCUT2D eigenvalue weighted by Crippen LogP contribution is 2.44. The number of fused-ring (bicyclic) bond motifs is 3. The number of nitrogens with zero attached hydrogens (tertiary/aromatic N) is 1. The van der Waals surface area contributed by atoms with Crippen molar-refractivity contribution in [2.75, 3.05) is 11.9 Å². The molecule has 3 aromatic rings. The molecule has 6 nitrogen and oxygen atoms in total. The van der Waals surface area contributed by atoms with Gasteiger partial charge in [-0.15, -0.1) is 0 Å². The summed E-state index contributed by atoms with van der Waals surface area (Å²) in [7, 11) is 0. The molecule has 0 saturated carbocycles. The van der Waals surface area contributed by atoms with Gasteiger partial charge < -0.3 is 9.84 Å². The van der Waals surface area contributed by atoms with Crippen molar-refractivity contribution in [1.29, 1.82) is 0 Å². The fourth-order valence-electron chi connectivity index (χ4n) is 3.44. The quantitative estimate of drug-likeness (QED) is 0.621. The van der Waals surface area contributed by atoms with E-state index in [0.29, 0.717) is 0 Å². The molecule has 0 saturated heterocycles. The topological polar surface area (TPSA) is 88.5 Å². The van der Waals surface area contributed by atoms with Gasteiger partial charge in [-0.3, -0.25) is 5.32 Å². The van der Waals surface area contributed by atoms with E-state index in [2.05, 4.69) is 10.3 Å². The van der Waals surface area contributed by atoms with E-state index in [1.807, 2.05) is 48.5 Å². The number of hydrogen-bond donors (Lipinski definition) is 2. The first kappa shape index (κ1) is 18.0. The summed E-state index contributed by atoms with van der Waals surface area (Å²) in [5, 5.41) is 11.7. The fraction of sp³-hybridized carbons (Fsp3) is 0.0952. The summed E-state index contributed by atoms with van der Waals surface area (Å²) in [4.78, 5) is 27.3. The number of aromatic carboxylic acids is 1. The molecule has 1 aliphatic rings. The van der Waals surface area contributed by atoms with Crippen molar-refractivity contribution in [2.45, 2.75) is 5.92 Å². The van der Waals surface area contributed by atoms with Crippen molar-refractivity contribution >= 4 is 29.4 Å². The van der Waals surface area contributed by atoms with Crippen molar-refractivity contribution in [2.24, 2.45) is 0 Å². The summed E-state index contributed by atoms with van der Waals surface area (Å²) < 4.78 is 5.40. The average molecular weight is 395 g/mol. The van der Waals surface area contributed by atoms with E-state index in [4.69, 9.17) is 16.3 Å². The molecule has 1 aromatic heterocycles. The molecule has 1 aliphatic carbocycles. The molecule has 0 spiro atoms. The minimum absolute atomic E-state index is 0.0223. The van der Waals surface area contributed by atoms with E-state index >= 15 is 0 Å². The van der Waals surface area contributed by atoms with Crippen LogP contribution in [0.15, 0.2) is 60.7 Å². The molecular weight excluding hydrogens is 380 g/mol. The van der Waals surface area contributed by atoms with Gasteiger partial charge in [-0.25, -0.2) is 14.6 Å². The number of carbonyl (C=O) groups excluding carboxylic acids is 1. The molecule has 1 amide bonds. The second-order valence-electron chi connectivity index (χ2n) is 6.29. The van der Waals surface area contributed by atoms with Crippen molar-refractivity contribution in [3.63, 3.8) is 0 Å². The van der Waals surface area contributed by atoms with Gasteiger partial charge in [-0.1, -0.05) is 60.1 Å². The van der Waals surface area contributed by atoms with Crippen LogP contribution in [0, 0.1) is 0 Å². The van der Waals surface area contributed by atoms with Gasteiger partial charge in [0, 0.05) is 5.92 Å². The number of hydrogen-bond acceptors (Lipinski definition) is 4. The SMILES string of the molecule is O=C(Nc1ccc(Cl)nc1C(=O)O)OCC1c2ccccc2-c2ccccc21. The Kier molecular flexibility index (Phi) is 4.71. The van der Waals surface area contributed by atoms with Crippen LogP contribution in [0.2, 0.25) is 5.15 Å². The normalized spacial score (nSPS) is 12.2. The van der Waals surface area contributed by atoms with Crippen LogP contribution in [0.1, 0.15) is 27.5 Å². The first-order valence-electron chi connectivity index (χ1n) is 8.56. The zero-order valence-electron chi connectivity index (χ0n) is 14.6. The number of amides is 1. The number of halogens is 1. The molecule has 28 heavy (non-hydrogen) atoms. The van der Waals surface area contributed by atoms with Crippen molar-refractivity contribution in [3.8, 4) is 11.1 Å². The first-order chi connectivity index (χ1) is 13.5. The van der Waals surface area contributed by atoms with Crippen LogP contribution in [-0.2, 0) is 4.74 Å². The first-order valence-corrected chi connectivity index (χ1v) is 8.94. The number of carbonyl (C=O) groups is 2. The van der Waals surface area contributed by atoms with Crippen LogP contribution >= 0.6 is 11.6 Å². The molecule has 0 fully saturated rings. The van der Waals surface area contributed by atoms with Crippen molar-refractivity contribution < 1.29 is 19.4 Å². The smallest absolute Gasteiger partial charge is 0.411 e. The number of ether oxygens (including phenoxy) is 1. The number of carboxylic acid groups (broad SMARTS) is 1. The Morgan fingerprint density at radius 3 is 2.21 bits per heavy atom. The molecule has 0 atom stereocenters. The van der Waals surface area contributed by atoms with Gasteiger partial charge in [0.05, 0.1) is 5.69 Å². The molecule has 1 heterocycles. The van der Waals surface area contributed by atoms with E-state index in [9.17, 15) is 14.7 Å². The van der Waals surface area contributed by atoms with Gasteiger partial charge in [0.25, 0.3) is 0 Å². The maximum atomic E-state index is 12.3. The van der Waals surface area contributed by atoms with Gasteiger partial charge in [-0.05, 0) is 34.4 Å². The highest BCUT2D eigenvalue weighted by Gasteiger charge is 2.29. The lowest BCUT2D eigenvalue weighted by Crippen LogP contribution is -2.19. The Hall–Kier alpha value is -3.38. The van der Waals surface area contributed by atoms with Crippen LogP contribution in [0.4, 0.5) is 10.5 Å². The molecule has 2 aromatic carbocycles. The molecule has 0 bridgehead atoms. The van der Waals surface area contributed by atoms with Gasteiger partial charge >= 0.3 is 12.1 Å². The standard InChI is InChI=1S/C21H15ClN2O4/c22-18-10-9-17(19(24-18)20(25)26)23-21(27)28-11-16-14-7-3-1-5-12(14)13-6-2-4-8-15(13)16/h1-10,16H,11H2,(H,23,27)(H,25,26). The summed E-state index contributed by atoms with van der Waals surface area (Å²) >= 11 is 5.72. The lowest BCUT2D eigenvalue weighted by Gasteiger charge is -2.15. The number of aromatic nitrogens is 1. The molecule has 0 aliphatic heterocycles. The van der Waals surface area contributed by atoms with Crippen LogP contribution in [0.3, 0.4) is 0 Å². The van der Waals surface area contributed by atoms with E-state index in [0.717, 1.165) is 22.3 Å². The van der Waals surface area contributed by atoms with Crippen LogP contribution < -0.4 is 5.32 Å². The lowest BCUT2D eigenvalue weighted by molar-refractivity contribution is 0.0691. The van der Waals surface area contributed by atoms with E-state index < -0.39 is 12.1 Å².